The van der Waals surface area contributed by atoms with Gasteiger partial charge in [0, 0.05) is 13.6 Å². The molecule has 1 N–H and O–H groups in total. The quantitative estimate of drug-likeness (QED) is 0.431. The van der Waals surface area contributed by atoms with E-state index >= 15 is 0 Å². The van der Waals surface area contributed by atoms with E-state index in [0.29, 0.717) is 0 Å². The van der Waals surface area contributed by atoms with Crippen molar-refractivity contribution in [2.75, 3.05) is 20.8 Å². The number of nitrogens with zero attached hydrogens (tertiary/aromatic N) is 1. The fourth-order valence-electron chi connectivity index (χ4n) is 3.42. The van der Waals surface area contributed by atoms with Crippen LogP contribution in [0, 0.1) is 0 Å². The van der Waals surface area contributed by atoms with E-state index in [2.05, 4.69) is 5.32 Å². The summed E-state index contributed by atoms with van der Waals surface area (Å²) >= 11 is 0. The Hall–Kier alpha value is -3.69. The molecule has 3 aromatic carbocycles. The molecule has 0 aromatic heterocycles. The topological polar surface area (TPSA) is 102 Å². The second kappa shape index (κ2) is 11.6. The van der Waals surface area contributed by atoms with Crippen LogP contribution in [0.25, 0.3) is 0 Å². The SMILES string of the molecule is COc1ccc(C(=O)OCC(=O)NC(C)c2ccccc2)cc1S(=O)(=O)N(C)Cc1ccccc1. The van der Waals surface area contributed by atoms with Crippen LogP contribution in [0.15, 0.2) is 83.8 Å². The van der Waals surface area contributed by atoms with E-state index in [0.717, 1.165) is 11.1 Å². The summed E-state index contributed by atoms with van der Waals surface area (Å²) in [6.07, 6.45) is 0. The van der Waals surface area contributed by atoms with E-state index in [1.807, 2.05) is 67.6 Å². The van der Waals surface area contributed by atoms with Crippen molar-refractivity contribution in [2.24, 2.45) is 0 Å². The lowest BCUT2D eigenvalue weighted by Crippen LogP contribution is -2.31. The number of carbonyl (C=O) groups is 2. The molecule has 0 saturated carbocycles. The molecule has 0 aliphatic carbocycles. The highest BCUT2D eigenvalue weighted by Gasteiger charge is 2.27. The van der Waals surface area contributed by atoms with Crippen molar-refractivity contribution >= 4 is 21.9 Å². The Morgan fingerprint density at radius 3 is 2.23 bits per heavy atom. The summed E-state index contributed by atoms with van der Waals surface area (Å²) in [5.41, 5.74) is 1.71. The molecule has 0 bridgehead atoms. The largest absolute Gasteiger partial charge is 0.495 e. The first-order valence-electron chi connectivity index (χ1n) is 10.9. The summed E-state index contributed by atoms with van der Waals surface area (Å²) < 4.78 is 38.0. The van der Waals surface area contributed by atoms with Gasteiger partial charge in [-0.25, -0.2) is 13.2 Å². The van der Waals surface area contributed by atoms with E-state index in [-0.39, 0.29) is 28.8 Å². The van der Waals surface area contributed by atoms with Gasteiger partial charge < -0.3 is 14.8 Å². The Labute approximate surface area is 205 Å². The van der Waals surface area contributed by atoms with Crippen molar-refractivity contribution in [3.63, 3.8) is 0 Å². The van der Waals surface area contributed by atoms with Gasteiger partial charge in [0.1, 0.15) is 10.6 Å². The normalized spacial score (nSPS) is 12.1. The molecule has 0 radical (unpaired) electrons. The number of hydrogen-bond donors (Lipinski definition) is 1. The standard InChI is InChI=1S/C26H28N2O6S/c1-19(21-12-8-5-9-13-21)27-25(29)18-34-26(30)22-14-15-23(33-3)24(16-22)35(31,32)28(2)17-20-10-6-4-7-11-20/h4-16,19H,17-18H2,1-3H3,(H,27,29). The fourth-order valence-corrected chi connectivity index (χ4v) is 4.76. The predicted octanol–water partition coefficient (Wildman–Crippen LogP) is 3.55. The zero-order valence-corrected chi connectivity index (χ0v) is 20.6. The van der Waals surface area contributed by atoms with Crippen LogP contribution in [0.2, 0.25) is 0 Å². The average molecular weight is 497 g/mol. The van der Waals surface area contributed by atoms with Gasteiger partial charge in [-0.05, 0) is 36.2 Å². The first kappa shape index (κ1) is 25.9. The number of carbonyl (C=O) groups excluding carboxylic acids is 2. The molecule has 1 unspecified atom stereocenters. The Kier molecular flexibility index (Phi) is 8.62. The van der Waals surface area contributed by atoms with Gasteiger partial charge in [-0.3, -0.25) is 4.79 Å². The van der Waals surface area contributed by atoms with Crippen LogP contribution in [0.1, 0.15) is 34.5 Å². The smallest absolute Gasteiger partial charge is 0.338 e. The molecule has 184 valence electrons. The van der Waals surface area contributed by atoms with Crippen molar-refractivity contribution in [2.45, 2.75) is 24.4 Å². The van der Waals surface area contributed by atoms with Crippen LogP contribution < -0.4 is 10.1 Å². The third-order valence-corrected chi connectivity index (χ3v) is 7.17. The second-order valence-corrected chi connectivity index (χ2v) is 9.90. The number of amides is 1. The lowest BCUT2D eigenvalue weighted by molar-refractivity contribution is -0.124. The van der Waals surface area contributed by atoms with Gasteiger partial charge >= 0.3 is 5.97 Å². The molecular formula is C26H28N2O6S. The number of rotatable bonds is 10. The number of hydrogen-bond acceptors (Lipinski definition) is 6. The molecular weight excluding hydrogens is 468 g/mol. The van der Waals surface area contributed by atoms with Crippen LogP contribution in [-0.2, 0) is 26.1 Å². The zero-order valence-electron chi connectivity index (χ0n) is 19.8. The minimum Gasteiger partial charge on any atom is -0.495 e. The monoisotopic (exact) mass is 496 g/mol. The molecule has 0 fully saturated rings. The molecule has 1 amide bonds. The molecule has 0 spiro atoms. The van der Waals surface area contributed by atoms with Crippen molar-refractivity contribution in [3.05, 3.63) is 95.6 Å². The minimum atomic E-state index is -3.99. The summed E-state index contributed by atoms with van der Waals surface area (Å²) in [6.45, 7) is 1.46. The van der Waals surface area contributed by atoms with Crippen molar-refractivity contribution < 1.29 is 27.5 Å². The highest BCUT2D eigenvalue weighted by molar-refractivity contribution is 7.89. The van der Waals surface area contributed by atoms with Crippen LogP contribution in [0.5, 0.6) is 5.75 Å². The number of methoxy groups -OCH3 is 1. The molecule has 0 aliphatic heterocycles. The lowest BCUT2D eigenvalue weighted by atomic mass is 10.1. The summed E-state index contributed by atoms with van der Waals surface area (Å²) in [5, 5.41) is 2.76. The third-order valence-electron chi connectivity index (χ3n) is 5.35. The fraction of sp³-hybridized carbons (Fsp3) is 0.231. The maximum absolute atomic E-state index is 13.2. The molecule has 8 nitrogen and oxygen atoms in total. The van der Waals surface area contributed by atoms with Gasteiger partial charge in [-0.15, -0.1) is 0 Å². The van der Waals surface area contributed by atoms with Gasteiger partial charge in [0.15, 0.2) is 6.61 Å². The Morgan fingerprint density at radius 1 is 0.971 bits per heavy atom. The van der Waals surface area contributed by atoms with Crippen LogP contribution in [0.3, 0.4) is 0 Å². The number of ether oxygens (including phenoxy) is 2. The lowest BCUT2D eigenvalue weighted by Gasteiger charge is -2.19. The van der Waals surface area contributed by atoms with Gasteiger partial charge in [0.05, 0.1) is 18.7 Å². The van der Waals surface area contributed by atoms with Gasteiger partial charge in [0.25, 0.3) is 5.91 Å². The number of benzene rings is 3. The second-order valence-electron chi connectivity index (χ2n) is 7.89. The molecule has 0 heterocycles. The summed E-state index contributed by atoms with van der Waals surface area (Å²) in [6, 6.07) is 22.2. The molecule has 0 aliphatic rings. The van der Waals surface area contributed by atoms with Crippen LogP contribution in [0.4, 0.5) is 0 Å². The molecule has 3 rings (SSSR count). The van der Waals surface area contributed by atoms with E-state index in [1.54, 1.807) is 0 Å². The van der Waals surface area contributed by atoms with E-state index < -0.39 is 28.5 Å². The van der Waals surface area contributed by atoms with Gasteiger partial charge in [0.2, 0.25) is 10.0 Å². The molecule has 0 saturated heterocycles. The summed E-state index contributed by atoms with van der Waals surface area (Å²) in [4.78, 5) is 24.7. The van der Waals surface area contributed by atoms with Crippen LogP contribution in [-0.4, -0.2) is 45.4 Å². The molecule has 1 atom stereocenters. The van der Waals surface area contributed by atoms with Crippen LogP contribution >= 0.6 is 0 Å². The Morgan fingerprint density at radius 2 is 1.60 bits per heavy atom. The number of esters is 1. The molecule has 3 aromatic rings. The highest BCUT2D eigenvalue weighted by atomic mass is 32.2. The summed E-state index contributed by atoms with van der Waals surface area (Å²) in [7, 11) is -1.19. The van der Waals surface area contributed by atoms with Gasteiger partial charge in [-0.2, -0.15) is 4.31 Å². The third kappa shape index (κ3) is 6.68. The van der Waals surface area contributed by atoms with Crippen molar-refractivity contribution in [1.82, 2.24) is 9.62 Å². The van der Waals surface area contributed by atoms with Gasteiger partial charge in [-0.1, -0.05) is 60.7 Å². The zero-order chi connectivity index (χ0) is 25.4. The maximum Gasteiger partial charge on any atom is 0.338 e. The molecule has 9 heteroatoms. The van der Waals surface area contributed by atoms with Crippen molar-refractivity contribution in [1.29, 1.82) is 0 Å². The van der Waals surface area contributed by atoms with E-state index in [1.165, 1.54) is 36.7 Å². The first-order chi connectivity index (χ1) is 16.7. The van der Waals surface area contributed by atoms with Crippen molar-refractivity contribution in [3.8, 4) is 5.75 Å². The average Bonchev–Trinajstić information content (AvgIpc) is 2.87. The Balaban J connectivity index is 1.70. The Bertz CT molecular complexity index is 1260. The van der Waals surface area contributed by atoms with E-state index in [4.69, 9.17) is 9.47 Å². The number of nitrogens with one attached hydrogen (secondary N) is 1. The minimum absolute atomic E-state index is 0.0126. The summed E-state index contributed by atoms with van der Waals surface area (Å²) in [5.74, 6) is -1.20. The molecule has 35 heavy (non-hydrogen) atoms. The maximum atomic E-state index is 13.2. The number of sulfonamides is 1. The van der Waals surface area contributed by atoms with E-state index in [9.17, 15) is 18.0 Å². The highest BCUT2D eigenvalue weighted by Crippen LogP contribution is 2.28. The first-order valence-corrected chi connectivity index (χ1v) is 12.4. The predicted molar refractivity (Wildman–Crippen MR) is 131 cm³/mol.